The van der Waals surface area contributed by atoms with Gasteiger partial charge in [-0.2, -0.15) is 5.01 Å². The third-order valence-electron chi connectivity index (χ3n) is 5.80. The van der Waals surface area contributed by atoms with Crippen molar-refractivity contribution >= 4 is 35.4 Å². The number of hydrogen-bond acceptors (Lipinski definition) is 6. The maximum atomic E-state index is 12.6. The fraction of sp³-hybridized carbons (Fsp3) is 0.381. The number of hydrogen-bond donors (Lipinski definition) is 2. The Kier molecular flexibility index (Phi) is 5.22. The number of carbonyl (C=O) groups excluding carboxylic acids is 5. The van der Waals surface area contributed by atoms with Gasteiger partial charge in [-0.15, -0.1) is 0 Å². The Hall–Kier alpha value is -3.69. The van der Waals surface area contributed by atoms with Crippen LogP contribution in [0.1, 0.15) is 48.0 Å². The number of fused-ring (bicyclic) bond motifs is 1. The minimum absolute atomic E-state index is 0.374. The molecule has 3 aliphatic rings. The lowest BCUT2D eigenvalue weighted by Gasteiger charge is -2.30. The number of benzene rings is 1. The summed E-state index contributed by atoms with van der Waals surface area (Å²) in [5, 5.41) is 3.31. The standard InChI is InChI=1S/C21H22N4O6/c1-13-14-7-3-4-8-15(14)18(28)24(13)11-17(27)31-12-16(26)23-25-19(29)21(22-20(25)30)9-5-2-6-10-21/h3-4,7-8H,1-2,5-6,9-12H2,(H,22,30)(H,23,26). The van der Waals surface area contributed by atoms with Gasteiger partial charge in [-0.25, -0.2) is 4.79 Å². The Morgan fingerprint density at radius 2 is 1.77 bits per heavy atom. The molecular formula is C21H22N4O6. The third-order valence-corrected chi connectivity index (χ3v) is 5.80. The normalized spacial score (nSPS) is 19.5. The molecule has 0 bridgehead atoms. The largest absolute Gasteiger partial charge is 0.454 e. The molecule has 4 rings (SSSR count). The van der Waals surface area contributed by atoms with E-state index in [0.717, 1.165) is 19.3 Å². The monoisotopic (exact) mass is 426 g/mol. The highest BCUT2D eigenvalue weighted by atomic mass is 16.5. The Labute approximate surface area is 178 Å². The fourth-order valence-electron chi connectivity index (χ4n) is 4.20. The van der Waals surface area contributed by atoms with Gasteiger partial charge in [-0.3, -0.25) is 29.5 Å². The summed E-state index contributed by atoms with van der Waals surface area (Å²) in [6.45, 7) is 2.72. The Balaban J connectivity index is 1.29. The zero-order chi connectivity index (χ0) is 22.2. The summed E-state index contributed by atoms with van der Waals surface area (Å²) in [7, 11) is 0. The zero-order valence-electron chi connectivity index (χ0n) is 16.8. The fourth-order valence-corrected chi connectivity index (χ4v) is 4.20. The number of imide groups is 1. The molecule has 1 saturated carbocycles. The van der Waals surface area contributed by atoms with Crippen LogP contribution < -0.4 is 10.7 Å². The molecule has 0 atom stereocenters. The molecule has 0 aromatic heterocycles. The van der Waals surface area contributed by atoms with Gasteiger partial charge in [0.05, 0.1) is 0 Å². The summed E-state index contributed by atoms with van der Waals surface area (Å²) in [6.07, 6.45) is 3.67. The Morgan fingerprint density at radius 3 is 2.45 bits per heavy atom. The van der Waals surface area contributed by atoms with Crippen molar-refractivity contribution in [3.05, 3.63) is 42.0 Å². The summed E-state index contributed by atoms with van der Waals surface area (Å²) in [4.78, 5) is 62.7. The van der Waals surface area contributed by atoms with Crippen molar-refractivity contribution in [1.29, 1.82) is 0 Å². The number of esters is 1. The van der Waals surface area contributed by atoms with E-state index in [1.807, 2.05) is 0 Å². The second-order valence-corrected chi connectivity index (χ2v) is 7.79. The molecule has 1 aromatic rings. The van der Waals surface area contributed by atoms with Crippen molar-refractivity contribution in [3.8, 4) is 0 Å². The SMILES string of the molecule is C=C1c2ccccc2C(=O)N1CC(=O)OCC(=O)NN1C(=O)NC2(CCCCC2)C1=O. The van der Waals surface area contributed by atoms with E-state index in [2.05, 4.69) is 17.3 Å². The molecule has 10 nitrogen and oxygen atoms in total. The van der Waals surface area contributed by atoms with E-state index in [1.54, 1.807) is 24.3 Å². The van der Waals surface area contributed by atoms with Crippen molar-refractivity contribution in [3.63, 3.8) is 0 Å². The quantitative estimate of drug-likeness (QED) is 0.533. The second kappa shape index (κ2) is 7.86. The molecule has 5 amide bonds. The molecule has 2 N–H and O–H groups in total. The van der Waals surface area contributed by atoms with Gasteiger partial charge >= 0.3 is 12.0 Å². The van der Waals surface area contributed by atoms with Crippen molar-refractivity contribution in [2.24, 2.45) is 0 Å². The molecule has 2 fully saturated rings. The van der Waals surface area contributed by atoms with E-state index in [9.17, 15) is 24.0 Å². The molecule has 2 aliphatic heterocycles. The molecule has 1 aliphatic carbocycles. The summed E-state index contributed by atoms with van der Waals surface area (Å²) >= 11 is 0. The molecule has 10 heteroatoms. The minimum Gasteiger partial charge on any atom is -0.454 e. The van der Waals surface area contributed by atoms with Crippen LogP contribution in [0.2, 0.25) is 0 Å². The van der Waals surface area contributed by atoms with Crippen LogP contribution in [0, 0.1) is 0 Å². The van der Waals surface area contributed by atoms with Gasteiger partial charge in [0, 0.05) is 16.8 Å². The van der Waals surface area contributed by atoms with Crippen molar-refractivity contribution < 1.29 is 28.7 Å². The maximum absolute atomic E-state index is 12.6. The highest BCUT2D eigenvalue weighted by Gasteiger charge is 2.52. The van der Waals surface area contributed by atoms with Crippen LogP contribution in [-0.2, 0) is 19.1 Å². The predicted octanol–water partition coefficient (Wildman–Crippen LogP) is 0.942. The molecule has 162 valence electrons. The maximum Gasteiger partial charge on any atom is 0.344 e. The molecule has 0 unspecified atom stereocenters. The average Bonchev–Trinajstić information content (AvgIpc) is 3.13. The second-order valence-electron chi connectivity index (χ2n) is 7.79. The number of ether oxygens (including phenoxy) is 1. The van der Waals surface area contributed by atoms with Crippen LogP contribution in [-0.4, -0.2) is 58.3 Å². The van der Waals surface area contributed by atoms with E-state index in [0.29, 0.717) is 34.7 Å². The van der Waals surface area contributed by atoms with Crippen LogP contribution in [0.25, 0.3) is 5.70 Å². The predicted molar refractivity (Wildman–Crippen MR) is 107 cm³/mol. The number of urea groups is 1. The summed E-state index contributed by atoms with van der Waals surface area (Å²) in [5.74, 6) is -2.54. The first-order valence-electron chi connectivity index (χ1n) is 10.0. The van der Waals surface area contributed by atoms with Crippen LogP contribution in [0.5, 0.6) is 0 Å². The smallest absolute Gasteiger partial charge is 0.344 e. The van der Waals surface area contributed by atoms with Gasteiger partial charge in [0.2, 0.25) is 0 Å². The molecule has 1 saturated heterocycles. The van der Waals surface area contributed by atoms with Crippen LogP contribution in [0.4, 0.5) is 4.79 Å². The minimum atomic E-state index is -0.967. The number of carbonyl (C=O) groups is 5. The highest BCUT2D eigenvalue weighted by molar-refractivity contribution is 6.10. The molecule has 1 spiro atoms. The zero-order valence-corrected chi connectivity index (χ0v) is 16.8. The van der Waals surface area contributed by atoms with Gasteiger partial charge in [-0.05, 0) is 18.9 Å². The van der Waals surface area contributed by atoms with Gasteiger partial charge in [-0.1, -0.05) is 44.0 Å². The number of hydrazine groups is 1. The van der Waals surface area contributed by atoms with E-state index >= 15 is 0 Å². The first-order valence-corrected chi connectivity index (χ1v) is 10.0. The first-order chi connectivity index (χ1) is 14.8. The third kappa shape index (κ3) is 3.65. The van der Waals surface area contributed by atoms with Gasteiger partial charge in [0.15, 0.2) is 6.61 Å². The van der Waals surface area contributed by atoms with E-state index in [-0.39, 0.29) is 5.91 Å². The Morgan fingerprint density at radius 1 is 1.10 bits per heavy atom. The summed E-state index contributed by atoms with van der Waals surface area (Å²) < 4.78 is 4.92. The lowest BCUT2D eigenvalue weighted by atomic mass is 9.82. The van der Waals surface area contributed by atoms with E-state index in [1.165, 1.54) is 4.90 Å². The molecule has 2 heterocycles. The lowest BCUT2D eigenvalue weighted by Crippen LogP contribution is -2.51. The molecule has 1 aromatic carbocycles. The van der Waals surface area contributed by atoms with Crippen molar-refractivity contribution in [2.75, 3.05) is 13.2 Å². The summed E-state index contributed by atoms with van der Waals surface area (Å²) in [6, 6.07) is 6.13. The number of rotatable bonds is 5. The number of nitrogens with one attached hydrogen (secondary N) is 2. The summed E-state index contributed by atoms with van der Waals surface area (Å²) in [5.41, 5.74) is 2.67. The van der Waals surface area contributed by atoms with E-state index in [4.69, 9.17) is 4.74 Å². The Bertz CT molecular complexity index is 962. The van der Waals surface area contributed by atoms with Gasteiger partial charge < -0.3 is 10.1 Å². The van der Waals surface area contributed by atoms with Crippen LogP contribution >= 0.6 is 0 Å². The van der Waals surface area contributed by atoms with Gasteiger partial charge in [0.25, 0.3) is 17.7 Å². The van der Waals surface area contributed by atoms with Crippen molar-refractivity contribution in [2.45, 2.75) is 37.6 Å². The first kappa shape index (κ1) is 20.6. The molecule has 31 heavy (non-hydrogen) atoms. The van der Waals surface area contributed by atoms with Crippen molar-refractivity contribution in [1.82, 2.24) is 20.7 Å². The average molecular weight is 426 g/mol. The van der Waals surface area contributed by atoms with Crippen LogP contribution in [0.3, 0.4) is 0 Å². The lowest BCUT2D eigenvalue weighted by molar-refractivity contribution is -0.150. The topological polar surface area (TPSA) is 125 Å². The molecule has 0 radical (unpaired) electrons. The number of nitrogens with zero attached hydrogens (tertiary/aromatic N) is 2. The molecular weight excluding hydrogens is 404 g/mol. The van der Waals surface area contributed by atoms with Crippen LogP contribution in [0.15, 0.2) is 30.8 Å². The number of amides is 5. The van der Waals surface area contributed by atoms with E-state index < -0.39 is 42.5 Å². The highest BCUT2D eigenvalue weighted by Crippen LogP contribution is 2.33. The van der Waals surface area contributed by atoms with Gasteiger partial charge in [0.1, 0.15) is 12.1 Å².